The van der Waals surface area contributed by atoms with Gasteiger partial charge in [-0.05, 0) is 62.9 Å². The number of nitrogens with zero attached hydrogens (tertiary/aromatic N) is 1. The van der Waals surface area contributed by atoms with Gasteiger partial charge in [-0.3, -0.25) is 9.78 Å². The zero-order valence-electron chi connectivity index (χ0n) is 24.1. The van der Waals surface area contributed by atoms with Crippen molar-refractivity contribution in [1.29, 1.82) is 0 Å². The summed E-state index contributed by atoms with van der Waals surface area (Å²) in [5.41, 5.74) is -2.40. The molecule has 0 aromatic carbocycles. The van der Waals surface area contributed by atoms with Crippen molar-refractivity contribution in [3.05, 3.63) is 46.6 Å². The SMILES string of the molecule is CC(=O)OCC(C)(O)[C@H]1CC(O[Si](C)(C)C(C)(C)C)[C@]2(C)Oc3cc(-c4cccnc4)oc(=O)c3[C@@H](O)[C@H]2C1. The smallest absolute Gasteiger partial charge is 0.345 e. The van der Waals surface area contributed by atoms with Crippen molar-refractivity contribution in [3.8, 4) is 17.1 Å². The monoisotopic (exact) mass is 559 g/mol. The van der Waals surface area contributed by atoms with Crippen LogP contribution in [0.5, 0.6) is 5.75 Å². The van der Waals surface area contributed by atoms with Crippen LogP contribution in [0.4, 0.5) is 0 Å². The van der Waals surface area contributed by atoms with Crippen LogP contribution in [-0.4, -0.2) is 53.4 Å². The quantitative estimate of drug-likeness (QED) is 0.385. The summed E-state index contributed by atoms with van der Waals surface area (Å²) in [4.78, 5) is 28.8. The number of rotatable bonds is 6. The summed E-state index contributed by atoms with van der Waals surface area (Å²) in [6, 6.07) is 5.15. The van der Waals surface area contributed by atoms with Crippen LogP contribution < -0.4 is 10.4 Å². The Morgan fingerprint density at radius 2 is 1.95 bits per heavy atom. The Bertz CT molecular complexity index is 1270. The summed E-state index contributed by atoms with van der Waals surface area (Å²) < 4.78 is 24.4. The molecule has 10 heteroatoms. The fourth-order valence-corrected chi connectivity index (χ4v) is 6.84. The molecule has 1 fully saturated rings. The molecule has 1 aliphatic carbocycles. The van der Waals surface area contributed by atoms with Gasteiger partial charge >= 0.3 is 11.6 Å². The van der Waals surface area contributed by atoms with Gasteiger partial charge in [-0.25, -0.2) is 4.79 Å². The number of aliphatic hydroxyl groups is 2. The van der Waals surface area contributed by atoms with Crippen LogP contribution in [0.3, 0.4) is 0 Å². The maximum absolute atomic E-state index is 13.2. The Hall–Kier alpha value is -2.53. The molecule has 0 saturated heterocycles. The predicted octanol–water partition coefficient (Wildman–Crippen LogP) is 4.62. The molecular weight excluding hydrogens is 518 g/mol. The summed E-state index contributed by atoms with van der Waals surface area (Å²) in [5.74, 6) is -0.922. The minimum Gasteiger partial charge on any atom is -0.484 e. The number of esters is 1. The van der Waals surface area contributed by atoms with E-state index in [9.17, 15) is 19.8 Å². The number of fused-ring (bicyclic) bond motifs is 2. The number of carbonyl (C=O) groups is 1. The Morgan fingerprint density at radius 1 is 1.26 bits per heavy atom. The minimum absolute atomic E-state index is 0.0523. The van der Waals surface area contributed by atoms with Crippen molar-refractivity contribution in [2.75, 3.05) is 6.61 Å². The normalized spacial score (nSPS) is 28.5. The Balaban J connectivity index is 1.80. The van der Waals surface area contributed by atoms with E-state index in [2.05, 4.69) is 38.8 Å². The Labute approximate surface area is 230 Å². The second kappa shape index (κ2) is 10.1. The molecule has 0 amide bonds. The van der Waals surface area contributed by atoms with Gasteiger partial charge in [0.15, 0.2) is 8.32 Å². The summed E-state index contributed by atoms with van der Waals surface area (Å²) in [7, 11) is -2.35. The molecular formula is C29H41NO8Si. The zero-order valence-corrected chi connectivity index (χ0v) is 25.1. The van der Waals surface area contributed by atoms with Gasteiger partial charge in [0.2, 0.25) is 0 Å². The summed E-state index contributed by atoms with van der Waals surface area (Å²) in [6.07, 6.45) is 2.25. The molecule has 4 rings (SSSR count). The molecule has 214 valence electrons. The van der Waals surface area contributed by atoms with Gasteiger partial charge in [0.1, 0.15) is 29.3 Å². The summed E-state index contributed by atoms with van der Waals surface area (Å²) in [6.45, 7) is 15.4. The van der Waals surface area contributed by atoms with E-state index in [0.717, 1.165) is 0 Å². The predicted molar refractivity (Wildman–Crippen MR) is 148 cm³/mol. The lowest BCUT2D eigenvalue weighted by molar-refractivity contribution is -0.189. The van der Waals surface area contributed by atoms with Gasteiger partial charge in [-0.15, -0.1) is 0 Å². The number of hydrogen-bond donors (Lipinski definition) is 2. The molecule has 2 unspecified atom stereocenters. The largest absolute Gasteiger partial charge is 0.484 e. The number of carbonyl (C=O) groups excluding carboxylic acids is 1. The molecule has 0 bridgehead atoms. The molecule has 6 atom stereocenters. The first kappa shape index (κ1) is 29.4. The third-order valence-electron chi connectivity index (χ3n) is 9.01. The third kappa shape index (κ3) is 5.57. The first-order valence-corrected chi connectivity index (χ1v) is 16.4. The van der Waals surface area contributed by atoms with E-state index in [1.807, 2.05) is 6.92 Å². The van der Waals surface area contributed by atoms with Gasteiger partial charge in [0, 0.05) is 36.9 Å². The molecule has 0 radical (unpaired) electrons. The lowest BCUT2D eigenvalue weighted by atomic mass is 9.62. The van der Waals surface area contributed by atoms with Crippen molar-refractivity contribution >= 4 is 14.3 Å². The van der Waals surface area contributed by atoms with Gasteiger partial charge in [0.25, 0.3) is 0 Å². The van der Waals surface area contributed by atoms with Crippen molar-refractivity contribution < 1.29 is 33.3 Å². The highest BCUT2D eigenvalue weighted by Gasteiger charge is 2.60. The second-order valence-corrected chi connectivity index (χ2v) is 17.7. The van der Waals surface area contributed by atoms with E-state index in [1.165, 1.54) is 6.92 Å². The van der Waals surface area contributed by atoms with Crippen LogP contribution in [-0.2, 0) is 14.0 Å². The van der Waals surface area contributed by atoms with E-state index in [1.54, 1.807) is 37.5 Å². The van der Waals surface area contributed by atoms with E-state index in [0.29, 0.717) is 24.2 Å². The Kier molecular flexibility index (Phi) is 7.66. The highest BCUT2D eigenvalue weighted by Crippen LogP contribution is 2.55. The van der Waals surface area contributed by atoms with E-state index >= 15 is 0 Å². The molecule has 2 aromatic heterocycles. The third-order valence-corrected chi connectivity index (χ3v) is 13.5. The first-order valence-electron chi connectivity index (χ1n) is 13.5. The van der Waals surface area contributed by atoms with Crippen LogP contribution >= 0.6 is 0 Å². The maximum Gasteiger partial charge on any atom is 0.345 e. The number of ether oxygens (including phenoxy) is 2. The summed E-state index contributed by atoms with van der Waals surface area (Å²) in [5, 5.41) is 23.0. The lowest BCUT2D eigenvalue weighted by Crippen LogP contribution is -2.65. The van der Waals surface area contributed by atoms with Crippen LogP contribution in [0.15, 0.2) is 39.8 Å². The Morgan fingerprint density at radius 3 is 2.54 bits per heavy atom. The highest BCUT2D eigenvalue weighted by atomic mass is 28.4. The van der Waals surface area contributed by atoms with E-state index in [-0.39, 0.29) is 23.0 Å². The molecule has 1 saturated carbocycles. The highest BCUT2D eigenvalue weighted by molar-refractivity contribution is 6.74. The molecule has 9 nitrogen and oxygen atoms in total. The fraction of sp³-hybridized carbons (Fsp3) is 0.621. The van der Waals surface area contributed by atoms with Crippen molar-refractivity contribution in [2.45, 2.75) is 95.9 Å². The van der Waals surface area contributed by atoms with Crippen LogP contribution in [0.2, 0.25) is 18.1 Å². The van der Waals surface area contributed by atoms with Crippen molar-refractivity contribution in [3.63, 3.8) is 0 Å². The molecule has 2 aromatic rings. The van der Waals surface area contributed by atoms with Gasteiger partial charge < -0.3 is 28.5 Å². The number of aliphatic hydroxyl groups excluding tert-OH is 1. The average molecular weight is 560 g/mol. The van der Waals surface area contributed by atoms with Crippen molar-refractivity contribution in [2.24, 2.45) is 11.8 Å². The first-order chi connectivity index (χ1) is 18.0. The van der Waals surface area contributed by atoms with Crippen LogP contribution in [0, 0.1) is 11.8 Å². The maximum atomic E-state index is 13.2. The number of pyridine rings is 1. The van der Waals surface area contributed by atoms with Crippen LogP contribution in [0.25, 0.3) is 11.3 Å². The molecule has 2 aliphatic rings. The van der Waals surface area contributed by atoms with Gasteiger partial charge in [-0.1, -0.05) is 20.8 Å². The van der Waals surface area contributed by atoms with E-state index < -0.39 is 55.2 Å². The molecule has 2 N–H and O–H groups in total. The molecule has 0 spiro atoms. The fourth-order valence-electron chi connectivity index (χ4n) is 5.44. The topological polar surface area (TPSA) is 128 Å². The van der Waals surface area contributed by atoms with Crippen molar-refractivity contribution in [1.82, 2.24) is 4.98 Å². The standard InChI is InChI=1S/C29H41NO8Si/c1-17(31)35-16-28(5,34)19-12-20-25(32)24-22(14-21(36-26(24)33)18-10-9-11-30-15-18)37-29(20,6)23(13-19)38-39(7,8)27(2,3)4/h9-11,14-15,19-20,23,25,32,34H,12-13,16H2,1-8H3/t19-,20-,23?,25+,28?,29-/m1/s1. The van der Waals surface area contributed by atoms with E-state index in [4.69, 9.17) is 18.3 Å². The minimum atomic E-state index is -2.35. The van der Waals surface area contributed by atoms with Crippen LogP contribution in [0.1, 0.15) is 66.1 Å². The molecule has 3 heterocycles. The number of hydrogen-bond acceptors (Lipinski definition) is 9. The number of aromatic nitrogens is 1. The second-order valence-electron chi connectivity index (χ2n) is 12.9. The average Bonchev–Trinajstić information content (AvgIpc) is 2.82. The zero-order chi connectivity index (χ0) is 29.0. The molecule has 39 heavy (non-hydrogen) atoms. The van der Waals surface area contributed by atoms with Gasteiger partial charge in [0.05, 0.1) is 17.8 Å². The lowest BCUT2D eigenvalue weighted by Gasteiger charge is -2.56. The van der Waals surface area contributed by atoms with Gasteiger partial charge in [-0.2, -0.15) is 0 Å². The molecule has 1 aliphatic heterocycles. The summed E-state index contributed by atoms with van der Waals surface area (Å²) >= 11 is 0.